The number of nitrogens with zero attached hydrogens (tertiary/aromatic N) is 4. The van der Waals surface area contributed by atoms with Gasteiger partial charge >= 0.3 is 0 Å². The average molecular weight is 991 g/mol. The highest BCUT2D eigenvalue weighted by Gasteiger charge is 2.22. The first kappa shape index (κ1) is 46.7. The molecule has 1 aliphatic carbocycles. The zero-order valence-corrected chi connectivity index (χ0v) is 42.5. The molecule has 0 fully saturated rings. The zero-order valence-electron chi connectivity index (χ0n) is 42.5. The third kappa shape index (κ3) is 9.55. The number of benzene rings is 11. The fourth-order valence-electron chi connectivity index (χ4n) is 10.7. The van der Waals surface area contributed by atoms with Crippen LogP contribution in [-0.2, 0) is 0 Å². The zero-order chi connectivity index (χ0) is 51.3. The van der Waals surface area contributed by atoms with Gasteiger partial charge in [0.15, 0.2) is 0 Å². The minimum Gasteiger partial charge on any atom is -0.456 e. The molecule has 1 heterocycles. The second kappa shape index (κ2) is 21.0. The van der Waals surface area contributed by atoms with Crippen LogP contribution in [0.25, 0.3) is 44.2 Å². The molecule has 13 rings (SSSR count). The summed E-state index contributed by atoms with van der Waals surface area (Å²) in [5.41, 5.74) is 19.5. The van der Waals surface area contributed by atoms with Crippen molar-refractivity contribution >= 4 is 84.5 Å². The highest BCUT2D eigenvalue weighted by atomic mass is 16.3. The molecule has 0 amide bonds. The first-order valence-electron chi connectivity index (χ1n) is 26.4. The van der Waals surface area contributed by atoms with Gasteiger partial charge in [0.1, 0.15) is 11.2 Å². The lowest BCUT2D eigenvalue weighted by Crippen LogP contribution is -2.17. The molecule has 1 aliphatic rings. The second-order valence-electron chi connectivity index (χ2n) is 19.3. The van der Waals surface area contributed by atoms with Crippen molar-refractivity contribution in [3.05, 3.63) is 309 Å². The molecule has 0 N–H and O–H groups in total. The Morgan fingerprint density at radius 3 is 0.909 bits per heavy atom. The number of para-hydroxylation sites is 3. The van der Waals surface area contributed by atoms with E-state index in [-0.39, 0.29) is 0 Å². The van der Waals surface area contributed by atoms with Crippen molar-refractivity contribution in [3.8, 4) is 22.3 Å². The van der Waals surface area contributed by atoms with Crippen LogP contribution in [0.4, 0.5) is 62.6 Å². The van der Waals surface area contributed by atoms with Gasteiger partial charge in [-0.05, 0) is 187 Å². The Morgan fingerprint density at radius 2 is 0.545 bits per heavy atom. The van der Waals surface area contributed by atoms with E-state index in [1.165, 1.54) is 28.0 Å². The van der Waals surface area contributed by atoms with Gasteiger partial charge in [-0.2, -0.15) is 0 Å². The highest BCUT2D eigenvalue weighted by molar-refractivity contribution is 6.08. The summed E-state index contributed by atoms with van der Waals surface area (Å²) in [4.78, 5) is 9.38. The molecule has 77 heavy (non-hydrogen) atoms. The summed E-state index contributed by atoms with van der Waals surface area (Å²) in [5, 5.41) is 2.11. The molecule has 5 heteroatoms. The summed E-state index contributed by atoms with van der Waals surface area (Å²) >= 11 is 0. The largest absolute Gasteiger partial charge is 0.456 e. The number of hydrogen-bond acceptors (Lipinski definition) is 5. The summed E-state index contributed by atoms with van der Waals surface area (Å²) < 4.78 is 6.63. The number of anilines is 11. The van der Waals surface area contributed by atoms with Crippen LogP contribution in [0.2, 0.25) is 0 Å². The summed E-state index contributed by atoms with van der Waals surface area (Å²) in [6, 6.07) is 102. The van der Waals surface area contributed by atoms with Crippen molar-refractivity contribution in [2.24, 2.45) is 0 Å². The maximum Gasteiger partial charge on any atom is 0.135 e. The van der Waals surface area contributed by atoms with Crippen LogP contribution in [0.5, 0.6) is 0 Å². The molecule has 1 aromatic heterocycles. The summed E-state index contributed by atoms with van der Waals surface area (Å²) in [6.07, 6.45) is 8.58. The predicted molar refractivity (Wildman–Crippen MR) is 324 cm³/mol. The van der Waals surface area contributed by atoms with E-state index in [1.54, 1.807) is 0 Å². The molecule has 0 saturated heterocycles. The van der Waals surface area contributed by atoms with Gasteiger partial charge in [0.05, 0.1) is 0 Å². The van der Waals surface area contributed by atoms with Gasteiger partial charge in [-0.3, -0.25) is 0 Å². The third-order valence-corrected chi connectivity index (χ3v) is 14.5. The Bertz CT molecular complexity index is 3990. The Hall–Kier alpha value is -10.1. The van der Waals surface area contributed by atoms with Crippen molar-refractivity contribution in [1.82, 2.24) is 0 Å². The van der Waals surface area contributed by atoms with E-state index in [0.29, 0.717) is 0 Å². The smallest absolute Gasteiger partial charge is 0.135 e. The lowest BCUT2D eigenvalue weighted by molar-refractivity contribution is 0.669. The fraction of sp³-hybridized carbons (Fsp3) is 0.0278. The quantitative estimate of drug-likeness (QED) is 0.108. The predicted octanol–water partition coefficient (Wildman–Crippen LogP) is 20.7. The molecule has 0 bridgehead atoms. The first-order valence-corrected chi connectivity index (χ1v) is 26.4. The van der Waals surface area contributed by atoms with Crippen LogP contribution >= 0.6 is 0 Å². The number of furan rings is 1. The van der Waals surface area contributed by atoms with Crippen LogP contribution < -0.4 is 19.6 Å². The fourth-order valence-corrected chi connectivity index (χ4v) is 10.7. The van der Waals surface area contributed by atoms with Crippen molar-refractivity contribution in [2.75, 3.05) is 19.6 Å². The normalized spacial score (nSPS) is 12.1. The van der Waals surface area contributed by atoms with Crippen LogP contribution in [0, 0.1) is 0 Å². The highest BCUT2D eigenvalue weighted by Crippen LogP contribution is 2.44. The summed E-state index contributed by atoms with van der Waals surface area (Å²) in [5.74, 6) is 0. The molecule has 368 valence electrons. The van der Waals surface area contributed by atoms with Crippen LogP contribution in [0.3, 0.4) is 0 Å². The molecule has 0 radical (unpaired) electrons. The van der Waals surface area contributed by atoms with Crippen LogP contribution in [0.15, 0.2) is 313 Å². The maximum atomic E-state index is 6.63. The Labute approximate surface area is 450 Å². The molecule has 0 spiro atoms. The molecule has 12 aromatic rings. The van der Waals surface area contributed by atoms with E-state index < -0.39 is 0 Å². The Morgan fingerprint density at radius 1 is 0.260 bits per heavy atom. The molecular formula is C72H54N4O. The summed E-state index contributed by atoms with van der Waals surface area (Å²) in [7, 11) is 0. The molecule has 0 unspecified atom stereocenters. The van der Waals surface area contributed by atoms with Gasteiger partial charge in [0.25, 0.3) is 0 Å². The van der Waals surface area contributed by atoms with E-state index >= 15 is 0 Å². The molecule has 0 aliphatic heterocycles. The first-order chi connectivity index (χ1) is 38.2. The van der Waals surface area contributed by atoms with Crippen molar-refractivity contribution < 1.29 is 4.42 Å². The minimum absolute atomic E-state index is 0.842. The van der Waals surface area contributed by atoms with E-state index in [1.807, 2.05) is 0 Å². The average Bonchev–Trinajstić information content (AvgIpc) is 3.88. The van der Waals surface area contributed by atoms with Gasteiger partial charge in [-0.15, -0.1) is 0 Å². The number of hydrogen-bond donors (Lipinski definition) is 0. The van der Waals surface area contributed by atoms with Gasteiger partial charge in [0.2, 0.25) is 0 Å². The second-order valence-corrected chi connectivity index (χ2v) is 19.3. The van der Waals surface area contributed by atoms with Crippen molar-refractivity contribution in [3.63, 3.8) is 0 Å². The SMILES string of the molecule is C1=CCCC(N(c2ccc(N(c3ccccc3)c3ccc(-c4ccccc4)cc3)cc2)c2ccc3oc4ccc(N(c5ccccc5)c5ccc(N(c6ccccc6)c6ccc(-c7ccccc7)cc6)cc5)cc4c3c2)=C1. The molecular weight excluding hydrogens is 937 g/mol. The number of fused-ring (bicyclic) bond motifs is 3. The lowest BCUT2D eigenvalue weighted by atomic mass is 10.0. The number of allylic oxidation sites excluding steroid dienone is 4. The lowest BCUT2D eigenvalue weighted by Gasteiger charge is -2.30. The van der Waals surface area contributed by atoms with Crippen molar-refractivity contribution in [2.45, 2.75) is 12.8 Å². The van der Waals surface area contributed by atoms with Crippen molar-refractivity contribution in [1.29, 1.82) is 0 Å². The topological polar surface area (TPSA) is 26.1 Å². The minimum atomic E-state index is 0.842. The number of rotatable bonds is 14. The van der Waals surface area contributed by atoms with Gasteiger partial charge < -0.3 is 24.0 Å². The van der Waals surface area contributed by atoms with Gasteiger partial charge in [-0.25, -0.2) is 0 Å². The molecule has 5 nitrogen and oxygen atoms in total. The summed E-state index contributed by atoms with van der Waals surface area (Å²) in [6.45, 7) is 0. The standard InChI is InChI=1S/C72H54N4O/c1-7-19-53(20-8-1)55-31-35-61(36-32-55)73(57-23-11-3-12-24-57)63-39-43-65(44-40-63)75(59-27-15-5-16-28-59)67-47-49-71-69(51-67)70-52-68(48-50-72(70)77-71)76(60-29-17-6-18-30-60)66-45-41-64(42-46-66)74(58-25-13-4-14-26-58)62-37-33-56(34-38-62)54-21-9-2-10-22-54/h1-17,19-29,31-52H,18,30H2. The van der Waals surface area contributed by atoms with Gasteiger partial charge in [0, 0.05) is 79.0 Å². The Kier molecular flexibility index (Phi) is 12.7. The third-order valence-electron chi connectivity index (χ3n) is 14.5. The van der Waals surface area contributed by atoms with E-state index in [2.05, 4.69) is 323 Å². The van der Waals surface area contributed by atoms with Gasteiger partial charge in [-0.1, -0.05) is 152 Å². The maximum absolute atomic E-state index is 6.63. The van der Waals surface area contributed by atoms with E-state index in [9.17, 15) is 0 Å². The molecule has 0 atom stereocenters. The molecule has 0 saturated carbocycles. The van der Waals surface area contributed by atoms with Crippen LogP contribution in [0.1, 0.15) is 12.8 Å². The van der Waals surface area contributed by atoms with E-state index in [4.69, 9.17) is 4.42 Å². The van der Waals surface area contributed by atoms with E-state index in [0.717, 1.165) is 97.3 Å². The monoisotopic (exact) mass is 990 g/mol. The molecule has 11 aromatic carbocycles. The van der Waals surface area contributed by atoms with Crippen LogP contribution in [-0.4, -0.2) is 0 Å². The Balaban J connectivity index is 0.851.